The number of fused-ring (bicyclic) bond motifs is 2. The molecule has 0 amide bonds. The number of hydrogen-bond acceptors (Lipinski definition) is 6. The minimum atomic E-state index is -0.219. The molecule has 40 heavy (non-hydrogen) atoms. The van der Waals surface area contributed by atoms with Crippen molar-refractivity contribution in [3.63, 3.8) is 0 Å². The molecular formula is C34H50N2O4. The molecule has 2 aliphatic carbocycles. The van der Waals surface area contributed by atoms with Crippen molar-refractivity contribution in [2.45, 2.75) is 128 Å². The van der Waals surface area contributed by atoms with Crippen LogP contribution in [0.15, 0.2) is 36.4 Å². The van der Waals surface area contributed by atoms with Gasteiger partial charge in [-0.05, 0) is 46.9 Å². The summed E-state index contributed by atoms with van der Waals surface area (Å²) < 4.78 is 12.3. The molecule has 6 nitrogen and oxygen atoms in total. The van der Waals surface area contributed by atoms with Gasteiger partial charge in [0.05, 0.1) is 12.2 Å². The van der Waals surface area contributed by atoms with Crippen LogP contribution in [0, 0.1) is 10.8 Å². The van der Waals surface area contributed by atoms with Crippen LogP contribution in [0.2, 0.25) is 0 Å². The maximum absolute atomic E-state index is 9.55. The Balaban J connectivity index is 0.000000161. The van der Waals surface area contributed by atoms with Crippen LogP contribution < -0.4 is 20.9 Å². The van der Waals surface area contributed by atoms with E-state index < -0.39 is 0 Å². The van der Waals surface area contributed by atoms with E-state index in [0.717, 1.165) is 48.3 Å². The van der Waals surface area contributed by atoms with E-state index in [1.165, 1.54) is 11.1 Å². The average molecular weight is 551 g/mol. The molecule has 2 spiro atoms. The number of rotatable bonds is 2. The van der Waals surface area contributed by atoms with Crippen LogP contribution in [0.1, 0.15) is 114 Å². The summed E-state index contributed by atoms with van der Waals surface area (Å²) in [5.41, 5.74) is 17.7. The lowest BCUT2D eigenvalue weighted by Crippen LogP contribution is -2.55. The number of aliphatic hydroxyl groups is 2. The highest BCUT2D eigenvalue weighted by atomic mass is 16.5. The van der Waals surface area contributed by atoms with Gasteiger partial charge in [0.2, 0.25) is 0 Å². The molecule has 0 saturated heterocycles. The minimum Gasteiger partial charge on any atom is -0.487 e. The third-order valence-corrected chi connectivity index (χ3v) is 8.68. The van der Waals surface area contributed by atoms with Gasteiger partial charge >= 0.3 is 0 Å². The molecule has 6 heteroatoms. The van der Waals surface area contributed by atoms with Gasteiger partial charge in [0.25, 0.3) is 0 Å². The van der Waals surface area contributed by atoms with Crippen molar-refractivity contribution < 1.29 is 19.7 Å². The van der Waals surface area contributed by atoms with Crippen molar-refractivity contribution in [1.82, 2.24) is 0 Å². The zero-order valence-electron chi connectivity index (χ0n) is 25.3. The molecule has 0 aromatic heterocycles. The van der Waals surface area contributed by atoms with Crippen molar-refractivity contribution in [3.05, 3.63) is 58.7 Å². The number of aliphatic hydroxyl groups excluding tert-OH is 2. The van der Waals surface area contributed by atoms with E-state index in [0.29, 0.717) is 25.7 Å². The Kier molecular flexibility index (Phi) is 7.57. The van der Waals surface area contributed by atoms with Crippen molar-refractivity contribution in [2.24, 2.45) is 22.3 Å². The molecule has 2 aromatic carbocycles. The number of benzene rings is 2. The fourth-order valence-corrected chi connectivity index (χ4v) is 7.08. The van der Waals surface area contributed by atoms with E-state index in [1.807, 2.05) is 0 Å². The Morgan fingerprint density at radius 3 is 1.30 bits per heavy atom. The highest BCUT2D eigenvalue weighted by Gasteiger charge is 2.50. The first-order valence-electron chi connectivity index (χ1n) is 15.0. The molecule has 2 aromatic rings. The quantitative estimate of drug-likeness (QED) is 0.370. The lowest BCUT2D eigenvalue weighted by Gasteiger charge is -2.49. The molecule has 4 aliphatic rings. The zero-order valence-corrected chi connectivity index (χ0v) is 25.3. The van der Waals surface area contributed by atoms with E-state index in [9.17, 15) is 10.2 Å². The Hall–Kier alpha value is -2.12. The van der Waals surface area contributed by atoms with Crippen molar-refractivity contribution >= 4 is 0 Å². The molecule has 2 fully saturated rings. The molecule has 0 bridgehead atoms. The van der Waals surface area contributed by atoms with Crippen molar-refractivity contribution in [1.29, 1.82) is 0 Å². The summed E-state index contributed by atoms with van der Waals surface area (Å²) in [4.78, 5) is 0. The third-order valence-electron chi connectivity index (χ3n) is 8.68. The van der Waals surface area contributed by atoms with Gasteiger partial charge in [0.15, 0.2) is 0 Å². The molecule has 2 aliphatic heterocycles. The second-order valence-corrected chi connectivity index (χ2v) is 15.5. The summed E-state index contributed by atoms with van der Waals surface area (Å²) in [6, 6.07) is 12.8. The van der Waals surface area contributed by atoms with Crippen LogP contribution in [-0.4, -0.2) is 33.6 Å². The summed E-state index contributed by atoms with van der Waals surface area (Å²) in [5.74, 6) is 1.82. The monoisotopic (exact) mass is 550 g/mol. The zero-order chi connectivity index (χ0) is 29.1. The molecule has 6 rings (SSSR count). The Morgan fingerprint density at radius 1 is 0.650 bits per heavy atom. The molecule has 220 valence electrons. The van der Waals surface area contributed by atoms with Crippen molar-refractivity contribution in [2.75, 3.05) is 0 Å². The second kappa shape index (κ2) is 10.3. The summed E-state index contributed by atoms with van der Waals surface area (Å²) >= 11 is 0. The van der Waals surface area contributed by atoms with Gasteiger partial charge in [-0.25, -0.2) is 0 Å². The molecule has 6 N–H and O–H groups in total. The molecule has 2 saturated carbocycles. The van der Waals surface area contributed by atoms with Crippen LogP contribution in [0.5, 0.6) is 11.5 Å². The summed E-state index contributed by atoms with van der Waals surface area (Å²) in [6.07, 6.45) is 6.12. The average Bonchev–Trinajstić information content (AvgIpc) is 2.77. The van der Waals surface area contributed by atoms with Gasteiger partial charge in [-0.2, -0.15) is 0 Å². The van der Waals surface area contributed by atoms with Crippen LogP contribution in [-0.2, 0) is 12.8 Å². The number of nitrogens with two attached hydrogens (primary N) is 2. The van der Waals surface area contributed by atoms with Crippen LogP contribution in [0.3, 0.4) is 0 Å². The van der Waals surface area contributed by atoms with Gasteiger partial charge in [-0.3, -0.25) is 0 Å². The Bertz CT molecular complexity index is 1120. The smallest absolute Gasteiger partial charge is 0.124 e. The van der Waals surface area contributed by atoms with Crippen LogP contribution in [0.4, 0.5) is 0 Å². The van der Waals surface area contributed by atoms with Gasteiger partial charge in [0, 0.05) is 61.7 Å². The van der Waals surface area contributed by atoms with Gasteiger partial charge in [-0.1, -0.05) is 65.8 Å². The predicted octanol–water partition coefficient (Wildman–Crippen LogP) is 5.90. The SMILES string of the molecule is CC(C)(C)Cc1ccc2c(c1)[C@@H](N)CC1(CC(O)C1)O2.CC(C)(C)Cc1ccc2c(c1)[C@@H](N)CC1(CC(O)C1)O2. The molecular weight excluding hydrogens is 500 g/mol. The van der Waals surface area contributed by atoms with Gasteiger partial charge < -0.3 is 31.2 Å². The highest BCUT2D eigenvalue weighted by molar-refractivity contribution is 5.44. The summed E-state index contributed by atoms with van der Waals surface area (Å²) in [7, 11) is 0. The number of ether oxygens (including phenoxy) is 2. The fraction of sp³-hybridized carbons (Fsp3) is 0.647. The van der Waals surface area contributed by atoms with E-state index in [1.54, 1.807) is 0 Å². The maximum atomic E-state index is 9.55. The third kappa shape index (κ3) is 6.51. The topological polar surface area (TPSA) is 111 Å². The maximum Gasteiger partial charge on any atom is 0.124 e. The normalized spacial score (nSPS) is 32.5. The predicted molar refractivity (Wildman–Crippen MR) is 159 cm³/mol. The molecule has 0 unspecified atom stereocenters. The molecule has 2 heterocycles. The van der Waals surface area contributed by atoms with E-state index in [2.05, 4.69) is 77.9 Å². The first kappa shape index (κ1) is 29.4. The fourth-order valence-electron chi connectivity index (χ4n) is 7.08. The first-order chi connectivity index (χ1) is 18.5. The number of hydrogen-bond donors (Lipinski definition) is 4. The Labute approximate surface area is 240 Å². The summed E-state index contributed by atoms with van der Waals surface area (Å²) in [5, 5.41) is 19.1. The van der Waals surface area contributed by atoms with Crippen molar-refractivity contribution in [3.8, 4) is 11.5 Å². The van der Waals surface area contributed by atoms with E-state index >= 15 is 0 Å². The standard InChI is InChI=1S/2C17H25NO2/c2*1-16(2,3)7-11-4-5-15-13(6-11)14(18)10-17(20-15)8-12(19)9-17/h2*4-6,12,14,19H,7-10,18H2,1-3H3/t2*12?,14-,17?/m00/s1. The highest BCUT2D eigenvalue weighted by Crippen LogP contribution is 2.49. The minimum absolute atomic E-state index is 0.0196. The first-order valence-corrected chi connectivity index (χ1v) is 15.0. The second-order valence-electron chi connectivity index (χ2n) is 15.5. The largest absolute Gasteiger partial charge is 0.487 e. The summed E-state index contributed by atoms with van der Waals surface area (Å²) in [6.45, 7) is 13.5. The lowest BCUT2D eigenvalue weighted by molar-refractivity contribution is -0.110. The molecule has 2 atom stereocenters. The Morgan fingerprint density at radius 2 is 1.00 bits per heavy atom. The van der Waals surface area contributed by atoms with Gasteiger partial charge in [-0.15, -0.1) is 0 Å². The van der Waals surface area contributed by atoms with Gasteiger partial charge in [0.1, 0.15) is 22.7 Å². The lowest BCUT2D eigenvalue weighted by atomic mass is 9.71. The van der Waals surface area contributed by atoms with E-state index in [4.69, 9.17) is 20.9 Å². The van der Waals surface area contributed by atoms with E-state index in [-0.39, 0.29) is 46.3 Å². The van der Waals surface area contributed by atoms with Crippen LogP contribution in [0.25, 0.3) is 0 Å². The molecule has 0 radical (unpaired) electrons. The van der Waals surface area contributed by atoms with Crippen LogP contribution >= 0.6 is 0 Å².